The van der Waals surface area contributed by atoms with Gasteiger partial charge in [-0.15, -0.1) is 0 Å². The first kappa shape index (κ1) is 9.99. The quantitative estimate of drug-likeness (QED) is 0.616. The Hall–Kier alpha value is -1.09. The zero-order valence-electron chi connectivity index (χ0n) is 8.70. The second kappa shape index (κ2) is 4.23. The smallest absolute Gasteiger partial charge is 0.147 e. The van der Waals surface area contributed by atoms with Gasteiger partial charge in [0.05, 0.1) is 0 Å². The number of fused-ring (bicyclic) bond motifs is 1. The Labute approximate surface area is 79.8 Å². The van der Waals surface area contributed by atoms with Crippen molar-refractivity contribution in [2.45, 2.75) is 33.7 Å². The summed E-state index contributed by atoms with van der Waals surface area (Å²) in [5.41, 5.74) is 4.56. The summed E-state index contributed by atoms with van der Waals surface area (Å²) in [6.45, 7) is 8.23. The van der Waals surface area contributed by atoms with Crippen LogP contribution >= 0.6 is 0 Å². The maximum absolute atomic E-state index is 4.25. The van der Waals surface area contributed by atoms with Gasteiger partial charge in [0.15, 0.2) is 0 Å². The van der Waals surface area contributed by atoms with E-state index < -0.39 is 0 Å². The van der Waals surface area contributed by atoms with Crippen molar-refractivity contribution >= 4 is 6.21 Å². The molecule has 0 fully saturated rings. The average Bonchev–Trinajstić information content (AvgIpc) is 2.47. The van der Waals surface area contributed by atoms with Crippen LogP contribution in [0.3, 0.4) is 0 Å². The highest BCUT2D eigenvalue weighted by molar-refractivity contribution is 5.73. The van der Waals surface area contributed by atoms with Gasteiger partial charge in [0, 0.05) is 18.5 Å². The van der Waals surface area contributed by atoms with Crippen LogP contribution < -0.4 is 5.43 Å². The molecule has 2 heterocycles. The molecule has 2 aliphatic rings. The van der Waals surface area contributed by atoms with E-state index in [2.05, 4.69) is 24.3 Å². The molecule has 1 atom stereocenters. The summed E-state index contributed by atoms with van der Waals surface area (Å²) in [6.07, 6.45) is 5.71. The number of nitrogens with zero attached hydrogens (tertiary/aromatic N) is 2. The second-order valence-corrected chi connectivity index (χ2v) is 2.85. The lowest BCUT2D eigenvalue weighted by Crippen LogP contribution is -2.32. The molecule has 1 N–H and O–H groups in total. The van der Waals surface area contributed by atoms with Crippen LogP contribution in [0.5, 0.6) is 0 Å². The molecule has 0 aromatic carbocycles. The topological polar surface area (TPSA) is 27.6 Å². The highest BCUT2D eigenvalue weighted by Gasteiger charge is 2.23. The van der Waals surface area contributed by atoms with Gasteiger partial charge in [-0.1, -0.05) is 13.8 Å². The molecule has 0 aromatic heterocycles. The molecule has 0 aliphatic carbocycles. The lowest BCUT2D eigenvalue weighted by molar-refractivity contribution is 0.349. The third-order valence-electron chi connectivity index (χ3n) is 2.08. The van der Waals surface area contributed by atoms with Gasteiger partial charge >= 0.3 is 0 Å². The highest BCUT2D eigenvalue weighted by atomic mass is 15.6. The number of hydrogen-bond donors (Lipinski definition) is 1. The minimum Gasteiger partial charge on any atom is -0.266 e. The van der Waals surface area contributed by atoms with E-state index in [1.54, 1.807) is 0 Å². The molecule has 3 nitrogen and oxygen atoms in total. The molecule has 1 unspecified atom stereocenters. The van der Waals surface area contributed by atoms with Crippen molar-refractivity contribution < 1.29 is 0 Å². The second-order valence-electron chi connectivity index (χ2n) is 2.85. The van der Waals surface area contributed by atoms with E-state index in [1.807, 2.05) is 37.3 Å². The van der Waals surface area contributed by atoms with Gasteiger partial charge in [0.2, 0.25) is 0 Å². The number of aliphatic imine (C=N–C) groups is 1. The van der Waals surface area contributed by atoms with E-state index in [0.717, 1.165) is 5.82 Å². The molecule has 0 bridgehead atoms. The molecule has 0 radical (unpaired) electrons. The van der Waals surface area contributed by atoms with Crippen LogP contribution in [-0.4, -0.2) is 17.3 Å². The first-order valence-corrected chi connectivity index (χ1v) is 4.76. The Bertz CT molecular complexity index is 263. The average molecular weight is 179 g/mol. The van der Waals surface area contributed by atoms with Crippen LogP contribution in [0.15, 0.2) is 28.7 Å². The Morgan fingerprint density at radius 2 is 2.15 bits per heavy atom. The van der Waals surface area contributed by atoms with Crippen molar-refractivity contribution in [3.8, 4) is 0 Å². The monoisotopic (exact) mass is 179 g/mol. The van der Waals surface area contributed by atoms with Crippen LogP contribution in [0.1, 0.15) is 27.7 Å². The van der Waals surface area contributed by atoms with Crippen LogP contribution in [0.4, 0.5) is 0 Å². The summed E-state index contributed by atoms with van der Waals surface area (Å²) in [5.74, 6) is 1.04. The summed E-state index contributed by atoms with van der Waals surface area (Å²) in [5, 5.41) is 1.96. The number of hydrazine groups is 1. The first-order chi connectivity index (χ1) is 6.29. The standard InChI is InChI=1S/C8H11N3.C2H6/c1-6-7(2)10-11-5-3-4-9-8(6)11;1-2/h3-5,7,10H,1-2H3;1-2H3. The van der Waals surface area contributed by atoms with Gasteiger partial charge in [-0.25, -0.2) is 10.4 Å². The van der Waals surface area contributed by atoms with Gasteiger partial charge in [-0.2, -0.15) is 0 Å². The molecule has 72 valence electrons. The zero-order valence-corrected chi connectivity index (χ0v) is 8.70. The molecule has 0 spiro atoms. The Kier molecular flexibility index (Phi) is 3.25. The predicted octanol–water partition coefficient (Wildman–Crippen LogP) is 2.05. The number of allylic oxidation sites excluding steroid dienone is 1. The lowest BCUT2D eigenvalue weighted by atomic mass is 10.2. The van der Waals surface area contributed by atoms with Crippen molar-refractivity contribution in [1.82, 2.24) is 10.4 Å². The highest BCUT2D eigenvalue weighted by Crippen LogP contribution is 2.22. The van der Waals surface area contributed by atoms with E-state index in [1.165, 1.54) is 5.57 Å². The zero-order chi connectivity index (χ0) is 9.84. The third-order valence-corrected chi connectivity index (χ3v) is 2.08. The molecule has 2 rings (SSSR count). The van der Waals surface area contributed by atoms with Crippen LogP contribution in [0, 0.1) is 0 Å². The number of nitrogens with one attached hydrogen (secondary N) is 1. The predicted molar refractivity (Wildman–Crippen MR) is 56.1 cm³/mol. The lowest BCUT2D eigenvalue weighted by Gasteiger charge is -2.17. The fraction of sp³-hybridized carbons (Fsp3) is 0.500. The van der Waals surface area contributed by atoms with E-state index in [4.69, 9.17) is 0 Å². The van der Waals surface area contributed by atoms with E-state index in [-0.39, 0.29) is 0 Å². The van der Waals surface area contributed by atoms with E-state index in [0.29, 0.717) is 6.04 Å². The van der Waals surface area contributed by atoms with Crippen molar-refractivity contribution in [3.05, 3.63) is 23.7 Å². The SMILES string of the molecule is CC.CC1=C2N=CC=CN2NC1C. The van der Waals surface area contributed by atoms with Gasteiger partial charge in [0.1, 0.15) is 5.82 Å². The maximum atomic E-state index is 4.25. The molecule has 0 saturated heterocycles. The van der Waals surface area contributed by atoms with Crippen molar-refractivity contribution in [2.75, 3.05) is 0 Å². The number of rotatable bonds is 0. The molecule has 2 aliphatic heterocycles. The molecule has 13 heavy (non-hydrogen) atoms. The molecule has 0 amide bonds. The first-order valence-electron chi connectivity index (χ1n) is 4.76. The Morgan fingerprint density at radius 3 is 2.77 bits per heavy atom. The maximum Gasteiger partial charge on any atom is 0.147 e. The van der Waals surface area contributed by atoms with Crippen LogP contribution in [-0.2, 0) is 0 Å². The number of hydrogen-bond acceptors (Lipinski definition) is 3. The van der Waals surface area contributed by atoms with Crippen molar-refractivity contribution in [3.63, 3.8) is 0 Å². The molecular weight excluding hydrogens is 162 g/mol. The van der Waals surface area contributed by atoms with Crippen LogP contribution in [0.2, 0.25) is 0 Å². The fourth-order valence-electron chi connectivity index (χ4n) is 1.27. The van der Waals surface area contributed by atoms with Crippen molar-refractivity contribution in [1.29, 1.82) is 0 Å². The van der Waals surface area contributed by atoms with Crippen LogP contribution in [0.25, 0.3) is 0 Å². The van der Waals surface area contributed by atoms with Crippen molar-refractivity contribution in [2.24, 2.45) is 4.99 Å². The molecule has 0 saturated carbocycles. The normalized spacial score (nSPS) is 24.3. The molecular formula is C10H17N3. The van der Waals surface area contributed by atoms with Gasteiger partial charge < -0.3 is 0 Å². The molecule has 0 aromatic rings. The largest absolute Gasteiger partial charge is 0.266 e. The third kappa shape index (κ3) is 1.80. The van der Waals surface area contributed by atoms with Gasteiger partial charge in [-0.05, 0) is 25.5 Å². The van der Waals surface area contributed by atoms with Gasteiger partial charge in [-0.3, -0.25) is 5.01 Å². The molecule has 3 heteroatoms. The van der Waals surface area contributed by atoms with Gasteiger partial charge in [0.25, 0.3) is 0 Å². The fourth-order valence-corrected chi connectivity index (χ4v) is 1.27. The summed E-state index contributed by atoms with van der Waals surface area (Å²) in [7, 11) is 0. The minimum absolute atomic E-state index is 0.407. The summed E-state index contributed by atoms with van der Waals surface area (Å²) in [4.78, 5) is 4.25. The summed E-state index contributed by atoms with van der Waals surface area (Å²) < 4.78 is 0. The minimum atomic E-state index is 0.407. The van der Waals surface area contributed by atoms with E-state index >= 15 is 0 Å². The Balaban J connectivity index is 0.000000396. The summed E-state index contributed by atoms with van der Waals surface area (Å²) in [6, 6.07) is 0.407. The van der Waals surface area contributed by atoms with E-state index in [9.17, 15) is 0 Å². The Morgan fingerprint density at radius 1 is 1.46 bits per heavy atom. The summed E-state index contributed by atoms with van der Waals surface area (Å²) >= 11 is 0.